The molecule has 4 nitrogen and oxygen atoms in total. The van der Waals surface area contributed by atoms with E-state index in [9.17, 15) is 9.90 Å². The van der Waals surface area contributed by atoms with Gasteiger partial charge in [-0.1, -0.05) is 117 Å². The maximum absolute atomic E-state index is 13.9. The van der Waals surface area contributed by atoms with Gasteiger partial charge in [0.25, 0.3) is 0 Å². The largest absolute Gasteiger partial charge is 0.413 e. The van der Waals surface area contributed by atoms with Crippen LogP contribution in [0.5, 0.6) is 0 Å². The average Bonchev–Trinajstić information content (AvgIpc) is 3.82. The first-order chi connectivity index (χ1) is 25.5. The number of Topliss-reactive ketones (excluding diaryl/α,β-unsaturated/α-hetero) is 1. The summed E-state index contributed by atoms with van der Waals surface area (Å²) in [4.78, 5) is 13.9. The summed E-state index contributed by atoms with van der Waals surface area (Å²) in [5.74, 6) is 1.23. The van der Waals surface area contributed by atoms with Crippen LogP contribution in [0, 0.1) is 23.2 Å². The van der Waals surface area contributed by atoms with Crippen molar-refractivity contribution in [1.82, 2.24) is 0 Å². The first-order valence-corrected chi connectivity index (χ1v) is 28.0. The van der Waals surface area contributed by atoms with Gasteiger partial charge in [0.15, 0.2) is 16.6 Å². The molecule has 7 atom stereocenters. The van der Waals surface area contributed by atoms with Crippen LogP contribution in [-0.4, -0.2) is 45.8 Å². The third-order valence-corrected chi connectivity index (χ3v) is 25.0. The van der Waals surface area contributed by atoms with Gasteiger partial charge in [-0.15, -0.1) is 0 Å². The number of ketones is 1. The number of benzene rings is 1. The summed E-state index contributed by atoms with van der Waals surface area (Å²) < 4.78 is 14.2. The van der Waals surface area contributed by atoms with Crippen LogP contribution >= 0.6 is 0 Å². The van der Waals surface area contributed by atoms with Crippen molar-refractivity contribution in [1.29, 1.82) is 0 Å². The standard InChI is InChI=1S/C49H80O4Si2/c1-15-16-18-36-20-24-39(25-21-36)49(29-30-49)45(51)33-43(50)35(3)41-26-27-42-37(19-17-28-48(41,42)10)22-23-38-31-40(52-54(11,12)46(4,5)6)32-44(34(38)2)53-55(13,14)47(7,8)9/h20-25,35,40-44,50H,2,15-19,26-33H2,1,3-14H3/t35-,40+,41+,42-,43?,44-,48+/m0/s1. The van der Waals surface area contributed by atoms with Gasteiger partial charge < -0.3 is 14.0 Å². The molecule has 0 spiro atoms. The van der Waals surface area contributed by atoms with E-state index >= 15 is 0 Å². The van der Waals surface area contributed by atoms with E-state index in [0.29, 0.717) is 11.8 Å². The Morgan fingerprint density at radius 1 is 0.964 bits per heavy atom. The SMILES string of the molecule is C=C1C(=CC=C2CCC[C@]3(C)[C@@H]([C@H](C)C(O)CC(=O)C4(c5ccc(CCCC)cc5)CC4)CC[C@@H]23)C[C@@H](O[Si](C)(C)C(C)(C)C)C[C@@H]1O[Si](C)(C)C(C)(C)C. The molecule has 0 saturated heterocycles. The van der Waals surface area contributed by atoms with Crippen molar-refractivity contribution in [3.63, 3.8) is 0 Å². The molecule has 1 aromatic rings. The molecule has 4 aliphatic rings. The number of rotatable bonds is 14. The summed E-state index contributed by atoms with van der Waals surface area (Å²) in [5, 5.41) is 12.0. The fraction of sp³-hybridized carbons (Fsp3) is 0.735. The molecule has 0 amide bonds. The molecule has 6 heteroatoms. The van der Waals surface area contributed by atoms with Crippen molar-refractivity contribution < 1.29 is 18.8 Å². The quantitative estimate of drug-likeness (QED) is 0.191. The van der Waals surface area contributed by atoms with E-state index in [-0.39, 0.29) is 51.2 Å². The number of carbonyl (C=O) groups is 1. The Bertz CT molecular complexity index is 1580. The summed E-state index contributed by atoms with van der Waals surface area (Å²) in [5.41, 5.74) is 6.24. The monoisotopic (exact) mass is 789 g/mol. The second kappa shape index (κ2) is 16.6. The molecule has 1 aromatic carbocycles. The van der Waals surface area contributed by atoms with Gasteiger partial charge in [0.05, 0.1) is 23.7 Å². The Balaban J connectivity index is 1.31. The highest BCUT2D eigenvalue weighted by Crippen LogP contribution is 2.60. The number of unbranched alkanes of at least 4 members (excludes halogenated alkanes) is 1. The third-order valence-electron chi connectivity index (χ3n) is 16.0. The number of hydrogen-bond donors (Lipinski definition) is 1. The summed E-state index contributed by atoms with van der Waals surface area (Å²) in [6, 6.07) is 8.80. The van der Waals surface area contributed by atoms with E-state index in [2.05, 4.69) is 125 Å². The van der Waals surface area contributed by atoms with Gasteiger partial charge in [0.1, 0.15) is 5.78 Å². The van der Waals surface area contributed by atoms with Gasteiger partial charge >= 0.3 is 0 Å². The van der Waals surface area contributed by atoms with Crippen LogP contribution in [0.1, 0.15) is 150 Å². The molecular weight excluding hydrogens is 709 g/mol. The molecule has 4 aliphatic carbocycles. The van der Waals surface area contributed by atoms with E-state index in [1.165, 1.54) is 36.8 Å². The molecule has 5 rings (SSSR count). The Labute approximate surface area is 339 Å². The number of allylic oxidation sites excluding steroid dienone is 3. The lowest BCUT2D eigenvalue weighted by Crippen LogP contribution is -2.49. The highest BCUT2D eigenvalue weighted by molar-refractivity contribution is 6.74. The first-order valence-electron chi connectivity index (χ1n) is 22.2. The maximum Gasteiger partial charge on any atom is 0.192 e. The van der Waals surface area contributed by atoms with Crippen molar-refractivity contribution in [2.24, 2.45) is 23.2 Å². The van der Waals surface area contributed by atoms with Gasteiger partial charge in [-0.2, -0.15) is 0 Å². The smallest absolute Gasteiger partial charge is 0.192 e. The Morgan fingerprint density at radius 3 is 2.16 bits per heavy atom. The zero-order valence-electron chi connectivity index (χ0n) is 37.5. The van der Waals surface area contributed by atoms with E-state index < -0.39 is 22.7 Å². The highest BCUT2D eigenvalue weighted by atomic mass is 28.4. The molecule has 55 heavy (non-hydrogen) atoms. The van der Waals surface area contributed by atoms with Crippen LogP contribution in [-0.2, 0) is 25.5 Å². The Hall–Kier alpha value is -1.58. The molecule has 0 heterocycles. The Morgan fingerprint density at radius 2 is 1.58 bits per heavy atom. The summed E-state index contributed by atoms with van der Waals surface area (Å²) >= 11 is 0. The minimum Gasteiger partial charge on any atom is -0.413 e. The fourth-order valence-corrected chi connectivity index (χ4v) is 12.6. The van der Waals surface area contributed by atoms with Crippen molar-refractivity contribution in [2.45, 2.75) is 206 Å². The van der Waals surface area contributed by atoms with Crippen LogP contribution in [0.3, 0.4) is 0 Å². The van der Waals surface area contributed by atoms with Gasteiger partial charge in [-0.05, 0) is 146 Å². The molecule has 0 radical (unpaired) electrons. The van der Waals surface area contributed by atoms with E-state index in [4.69, 9.17) is 15.4 Å². The number of aryl methyl sites for hydroxylation is 1. The number of aliphatic hydroxyl groups is 1. The second-order valence-electron chi connectivity index (χ2n) is 21.8. The van der Waals surface area contributed by atoms with Crippen LogP contribution in [0.15, 0.2) is 59.7 Å². The molecule has 4 saturated carbocycles. The summed E-state index contributed by atoms with van der Waals surface area (Å²) in [6.07, 6.45) is 17.4. The summed E-state index contributed by atoms with van der Waals surface area (Å²) in [7, 11) is -4.01. The second-order valence-corrected chi connectivity index (χ2v) is 31.3. The van der Waals surface area contributed by atoms with Crippen molar-refractivity contribution in [3.8, 4) is 0 Å². The fourth-order valence-electron chi connectivity index (χ4n) is 9.97. The van der Waals surface area contributed by atoms with Gasteiger partial charge in [0.2, 0.25) is 0 Å². The topological polar surface area (TPSA) is 55.8 Å². The normalized spacial score (nSPS) is 30.0. The first kappa shape index (κ1) is 44.5. The number of aliphatic hydroxyl groups excluding tert-OH is 1. The van der Waals surface area contributed by atoms with Crippen molar-refractivity contribution in [2.75, 3.05) is 0 Å². The van der Waals surface area contributed by atoms with E-state index in [0.717, 1.165) is 62.5 Å². The number of fused-ring (bicyclic) bond motifs is 1. The lowest BCUT2D eigenvalue weighted by molar-refractivity contribution is -0.124. The van der Waals surface area contributed by atoms with Crippen molar-refractivity contribution in [3.05, 3.63) is 70.8 Å². The molecule has 308 valence electrons. The molecule has 4 fully saturated rings. The number of hydrogen-bond acceptors (Lipinski definition) is 4. The predicted octanol–water partition coefficient (Wildman–Crippen LogP) is 13.2. The zero-order valence-corrected chi connectivity index (χ0v) is 39.5. The van der Waals surface area contributed by atoms with E-state index in [1.54, 1.807) is 5.57 Å². The van der Waals surface area contributed by atoms with Crippen LogP contribution in [0.4, 0.5) is 0 Å². The molecule has 0 bridgehead atoms. The van der Waals surface area contributed by atoms with Gasteiger partial charge in [-0.3, -0.25) is 4.79 Å². The van der Waals surface area contributed by atoms with Crippen molar-refractivity contribution >= 4 is 22.4 Å². The average molecular weight is 789 g/mol. The highest BCUT2D eigenvalue weighted by Gasteiger charge is 2.54. The molecular formula is C49H80O4Si2. The number of carbonyl (C=O) groups excluding carboxylic acids is 1. The lowest BCUT2D eigenvalue weighted by atomic mass is 9.60. The maximum atomic E-state index is 13.9. The zero-order chi connectivity index (χ0) is 40.8. The minimum absolute atomic E-state index is 0.0217. The van der Waals surface area contributed by atoms with Crippen LogP contribution < -0.4 is 0 Å². The predicted molar refractivity (Wildman–Crippen MR) is 238 cm³/mol. The van der Waals surface area contributed by atoms with E-state index in [1.807, 2.05) is 0 Å². The lowest BCUT2D eigenvalue weighted by Gasteiger charge is -2.46. The van der Waals surface area contributed by atoms with Gasteiger partial charge in [-0.25, -0.2) is 0 Å². The van der Waals surface area contributed by atoms with Gasteiger partial charge in [0, 0.05) is 12.8 Å². The molecule has 0 aromatic heterocycles. The molecule has 0 aliphatic heterocycles. The molecule has 1 N–H and O–H groups in total. The minimum atomic E-state index is -2.03. The van der Waals surface area contributed by atoms with Crippen LogP contribution in [0.25, 0.3) is 0 Å². The molecule has 1 unspecified atom stereocenters. The van der Waals surface area contributed by atoms with Crippen LogP contribution in [0.2, 0.25) is 36.3 Å². The summed E-state index contributed by atoms with van der Waals surface area (Å²) in [6.45, 7) is 35.1. The third kappa shape index (κ3) is 9.50. The Kier molecular flexibility index (Phi) is 13.4.